The Bertz CT molecular complexity index is 247. The van der Waals surface area contributed by atoms with Crippen molar-refractivity contribution in [3.63, 3.8) is 0 Å². The van der Waals surface area contributed by atoms with Crippen LogP contribution in [0.2, 0.25) is 0 Å². The molecular weight excluding hydrogens is 166 g/mol. The standard InChI is InChI=1S/C9H17N3O/c1-2-12-7-8(6-11-12)5-9(13)3-4-10/h6-7,9,13H,2-5,10H2,1H3. The number of aliphatic hydroxyl groups is 1. The van der Waals surface area contributed by atoms with Gasteiger partial charge in [-0.3, -0.25) is 4.68 Å². The Labute approximate surface area is 78.4 Å². The van der Waals surface area contributed by atoms with Gasteiger partial charge in [0.1, 0.15) is 0 Å². The molecule has 1 aromatic heterocycles. The van der Waals surface area contributed by atoms with Crippen molar-refractivity contribution in [2.45, 2.75) is 32.4 Å². The minimum absolute atomic E-state index is 0.334. The second-order valence-corrected chi connectivity index (χ2v) is 3.14. The van der Waals surface area contributed by atoms with Gasteiger partial charge >= 0.3 is 0 Å². The lowest BCUT2D eigenvalue weighted by atomic mass is 10.1. The molecule has 4 nitrogen and oxygen atoms in total. The summed E-state index contributed by atoms with van der Waals surface area (Å²) in [6.07, 6.45) is 4.72. The smallest absolute Gasteiger partial charge is 0.0593 e. The Kier molecular flexibility index (Phi) is 3.92. The van der Waals surface area contributed by atoms with Crippen LogP contribution in [0.4, 0.5) is 0 Å². The number of rotatable bonds is 5. The van der Waals surface area contributed by atoms with Crippen LogP contribution in [0.15, 0.2) is 12.4 Å². The number of nitrogens with two attached hydrogens (primary N) is 1. The highest BCUT2D eigenvalue weighted by atomic mass is 16.3. The average molecular weight is 183 g/mol. The van der Waals surface area contributed by atoms with Crippen molar-refractivity contribution in [3.05, 3.63) is 18.0 Å². The molecule has 0 aromatic carbocycles. The van der Waals surface area contributed by atoms with Gasteiger partial charge in [0.15, 0.2) is 0 Å². The van der Waals surface area contributed by atoms with Crippen molar-refractivity contribution in [1.29, 1.82) is 0 Å². The molecule has 1 rings (SSSR count). The monoisotopic (exact) mass is 183 g/mol. The Morgan fingerprint density at radius 2 is 2.46 bits per heavy atom. The van der Waals surface area contributed by atoms with Gasteiger partial charge in [0.05, 0.1) is 12.3 Å². The van der Waals surface area contributed by atoms with E-state index in [4.69, 9.17) is 5.73 Å². The molecule has 4 heteroatoms. The Morgan fingerprint density at radius 1 is 1.69 bits per heavy atom. The maximum atomic E-state index is 9.47. The molecule has 0 spiro atoms. The number of aliphatic hydroxyl groups excluding tert-OH is 1. The molecule has 3 N–H and O–H groups in total. The molecule has 0 fully saturated rings. The average Bonchev–Trinajstić information content (AvgIpc) is 2.52. The lowest BCUT2D eigenvalue weighted by Gasteiger charge is -2.05. The summed E-state index contributed by atoms with van der Waals surface area (Å²) in [5.41, 5.74) is 6.41. The van der Waals surface area contributed by atoms with E-state index in [0.717, 1.165) is 12.1 Å². The summed E-state index contributed by atoms with van der Waals surface area (Å²) in [5, 5.41) is 13.6. The van der Waals surface area contributed by atoms with E-state index in [0.29, 0.717) is 19.4 Å². The zero-order chi connectivity index (χ0) is 9.68. The molecule has 1 unspecified atom stereocenters. The third-order valence-corrected chi connectivity index (χ3v) is 1.98. The lowest BCUT2D eigenvalue weighted by molar-refractivity contribution is 0.167. The molecule has 1 atom stereocenters. The normalized spacial score (nSPS) is 13.2. The van der Waals surface area contributed by atoms with Crippen LogP contribution < -0.4 is 5.73 Å². The topological polar surface area (TPSA) is 64.1 Å². The zero-order valence-corrected chi connectivity index (χ0v) is 7.98. The highest BCUT2D eigenvalue weighted by Gasteiger charge is 2.05. The van der Waals surface area contributed by atoms with Crippen molar-refractivity contribution >= 4 is 0 Å². The van der Waals surface area contributed by atoms with Gasteiger partial charge < -0.3 is 10.8 Å². The Balaban J connectivity index is 2.44. The van der Waals surface area contributed by atoms with E-state index in [1.165, 1.54) is 0 Å². The minimum atomic E-state index is -0.334. The quantitative estimate of drug-likeness (QED) is 0.683. The molecule has 0 aliphatic rings. The highest BCUT2D eigenvalue weighted by Crippen LogP contribution is 2.04. The zero-order valence-electron chi connectivity index (χ0n) is 7.98. The van der Waals surface area contributed by atoms with Crippen LogP contribution in [0.3, 0.4) is 0 Å². The molecule has 74 valence electrons. The number of aromatic nitrogens is 2. The molecular formula is C9H17N3O. The molecule has 0 amide bonds. The third-order valence-electron chi connectivity index (χ3n) is 1.98. The van der Waals surface area contributed by atoms with Gasteiger partial charge in [-0.05, 0) is 25.5 Å². The number of nitrogens with zero attached hydrogens (tertiary/aromatic N) is 2. The molecule has 1 aromatic rings. The van der Waals surface area contributed by atoms with Crippen LogP contribution >= 0.6 is 0 Å². The van der Waals surface area contributed by atoms with E-state index >= 15 is 0 Å². The summed E-state index contributed by atoms with van der Waals surface area (Å²) < 4.78 is 1.85. The van der Waals surface area contributed by atoms with Gasteiger partial charge in [0, 0.05) is 19.2 Å². The third kappa shape index (κ3) is 3.16. The van der Waals surface area contributed by atoms with Gasteiger partial charge in [0.25, 0.3) is 0 Å². The molecule has 0 bridgehead atoms. The van der Waals surface area contributed by atoms with E-state index in [9.17, 15) is 5.11 Å². The molecule has 0 saturated heterocycles. The Morgan fingerprint density at radius 3 is 3.00 bits per heavy atom. The lowest BCUT2D eigenvalue weighted by Crippen LogP contribution is -2.15. The molecule has 13 heavy (non-hydrogen) atoms. The first-order valence-electron chi connectivity index (χ1n) is 4.65. The summed E-state index contributed by atoms with van der Waals surface area (Å²) in [5.74, 6) is 0. The van der Waals surface area contributed by atoms with Crippen LogP contribution in [-0.2, 0) is 13.0 Å². The Hall–Kier alpha value is -0.870. The fraction of sp³-hybridized carbons (Fsp3) is 0.667. The predicted molar refractivity (Wildman–Crippen MR) is 51.3 cm³/mol. The number of hydrogen-bond donors (Lipinski definition) is 2. The molecule has 0 radical (unpaired) electrons. The van der Waals surface area contributed by atoms with Gasteiger partial charge in [-0.15, -0.1) is 0 Å². The summed E-state index contributed by atoms with van der Waals surface area (Å²) in [6, 6.07) is 0. The van der Waals surface area contributed by atoms with E-state index in [1.54, 1.807) is 6.20 Å². The fourth-order valence-electron chi connectivity index (χ4n) is 1.25. The van der Waals surface area contributed by atoms with Gasteiger partial charge in [-0.25, -0.2) is 0 Å². The number of aryl methyl sites for hydroxylation is 1. The van der Waals surface area contributed by atoms with Crippen molar-refractivity contribution < 1.29 is 5.11 Å². The maximum absolute atomic E-state index is 9.47. The van der Waals surface area contributed by atoms with E-state index in [1.807, 2.05) is 17.8 Å². The van der Waals surface area contributed by atoms with Crippen molar-refractivity contribution in [2.24, 2.45) is 5.73 Å². The molecule has 0 aliphatic heterocycles. The van der Waals surface area contributed by atoms with E-state index in [-0.39, 0.29) is 6.10 Å². The second-order valence-electron chi connectivity index (χ2n) is 3.14. The van der Waals surface area contributed by atoms with Crippen molar-refractivity contribution in [1.82, 2.24) is 9.78 Å². The molecule has 0 saturated carbocycles. The summed E-state index contributed by atoms with van der Waals surface area (Å²) in [6.45, 7) is 3.43. The first-order chi connectivity index (χ1) is 6.26. The summed E-state index contributed by atoms with van der Waals surface area (Å²) in [4.78, 5) is 0. The van der Waals surface area contributed by atoms with E-state index < -0.39 is 0 Å². The summed E-state index contributed by atoms with van der Waals surface area (Å²) in [7, 11) is 0. The van der Waals surface area contributed by atoms with Crippen LogP contribution in [-0.4, -0.2) is 27.5 Å². The maximum Gasteiger partial charge on any atom is 0.0593 e. The van der Waals surface area contributed by atoms with Crippen LogP contribution in [0.1, 0.15) is 18.9 Å². The van der Waals surface area contributed by atoms with E-state index in [2.05, 4.69) is 5.10 Å². The van der Waals surface area contributed by atoms with Crippen molar-refractivity contribution in [2.75, 3.05) is 6.54 Å². The first kappa shape index (κ1) is 10.2. The van der Waals surface area contributed by atoms with Crippen LogP contribution in [0.5, 0.6) is 0 Å². The fourth-order valence-corrected chi connectivity index (χ4v) is 1.25. The minimum Gasteiger partial charge on any atom is -0.393 e. The highest BCUT2D eigenvalue weighted by molar-refractivity contribution is 5.05. The van der Waals surface area contributed by atoms with Gasteiger partial charge in [-0.2, -0.15) is 5.10 Å². The molecule has 1 heterocycles. The van der Waals surface area contributed by atoms with Crippen LogP contribution in [0, 0.1) is 0 Å². The number of hydrogen-bond acceptors (Lipinski definition) is 3. The predicted octanol–water partition coefficient (Wildman–Crippen LogP) is 0.155. The SMILES string of the molecule is CCn1cc(CC(O)CCN)cn1. The second kappa shape index (κ2) is 4.99. The van der Waals surface area contributed by atoms with Gasteiger partial charge in [0.2, 0.25) is 0 Å². The van der Waals surface area contributed by atoms with Crippen LogP contribution in [0.25, 0.3) is 0 Å². The first-order valence-corrected chi connectivity index (χ1v) is 4.65. The largest absolute Gasteiger partial charge is 0.393 e. The van der Waals surface area contributed by atoms with Crippen molar-refractivity contribution in [3.8, 4) is 0 Å². The molecule has 0 aliphatic carbocycles. The van der Waals surface area contributed by atoms with Gasteiger partial charge in [-0.1, -0.05) is 0 Å². The summed E-state index contributed by atoms with van der Waals surface area (Å²) >= 11 is 0.